The van der Waals surface area contributed by atoms with Gasteiger partial charge in [0.1, 0.15) is 6.04 Å². The number of imidazole rings is 1. The van der Waals surface area contributed by atoms with E-state index in [4.69, 9.17) is 0 Å². The largest absolute Gasteiger partial charge is 0.408 e. The van der Waals surface area contributed by atoms with Crippen LogP contribution in [-0.2, 0) is 22.6 Å². The fourth-order valence-corrected chi connectivity index (χ4v) is 4.48. The number of nitrogens with one attached hydrogen (secondary N) is 3. The van der Waals surface area contributed by atoms with Crippen LogP contribution in [0.1, 0.15) is 73.1 Å². The summed E-state index contributed by atoms with van der Waals surface area (Å²) in [6, 6.07) is -0.236. The zero-order chi connectivity index (χ0) is 32.1. The van der Waals surface area contributed by atoms with E-state index < -0.39 is 52.8 Å². The van der Waals surface area contributed by atoms with Crippen molar-refractivity contribution in [2.45, 2.75) is 88.1 Å². The van der Waals surface area contributed by atoms with E-state index in [0.717, 1.165) is 6.42 Å². The number of amides is 2. The number of carbonyl (C=O) groups excluding carboxylic acids is 3. The molecule has 6 rings (SSSR count). The van der Waals surface area contributed by atoms with Crippen LogP contribution in [0.25, 0.3) is 5.65 Å². The third-order valence-corrected chi connectivity index (χ3v) is 7.17. The van der Waals surface area contributed by atoms with E-state index in [1.165, 1.54) is 16.9 Å². The summed E-state index contributed by atoms with van der Waals surface area (Å²) >= 11 is 0. The normalized spacial score (nSPS) is 21.7. The molecule has 0 aromatic carbocycles. The molecule has 3 aromatic rings. The van der Waals surface area contributed by atoms with Crippen LogP contribution in [0.3, 0.4) is 0 Å². The van der Waals surface area contributed by atoms with Crippen LogP contribution < -0.4 is 16.2 Å². The second kappa shape index (κ2) is 13.2. The Morgan fingerprint density at radius 1 is 1.14 bits per heavy atom. The Morgan fingerprint density at radius 2 is 1.84 bits per heavy atom. The van der Waals surface area contributed by atoms with Crippen LogP contribution in [0.15, 0.2) is 27.9 Å². The molecule has 44 heavy (non-hydrogen) atoms. The maximum Gasteiger partial charge on any atom is 0.408 e. The Hall–Kier alpha value is -4.25. The molecule has 0 spiro atoms. The van der Waals surface area contributed by atoms with Crippen molar-refractivity contribution in [1.29, 1.82) is 0 Å². The summed E-state index contributed by atoms with van der Waals surface area (Å²) in [7, 11) is 0. The highest BCUT2D eigenvalue weighted by atomic mass is 19.4. The van der Waals surface area contributed by atoms with Gasteiger partial charge < -0.3 is 10.6 Å². The number of carbonyl (C=O) groups is 3. The summed E-state index contributed by atoms with van der Waals surface area (Å²) in [5.74, 6) is -4.53. The van der Waals surface area contributed by atoms with Gasteiger partial charge in [0.05, 0.1) is 24.6 Å². The lowest BCUT2D eigenvalue weighted by Gasteiger charge is -2.20. The van der Waals surface area contributed by atoms with Crippen molar-refractivity contribution < 1.29 is 45.4 Å². The van der Waals surface area contributed by atoms with Crippen LogP contribution in [0.4, 0.5) is 26.3 Å². The summed E-state index contributed by atoms with van der Waals surface area (Å²) in [6.45, 7) is -0.0257. The first-order valence-corrected chi connectivity index (χ1v) is 13.7. The van der Waals surface area contributed by atoms with Crippen LogP contribution in [-0.4, -0.2) is 66.8 Å². The van der Waals surface area contributed by atoms with E-state index in [1.807, 2.05) is 10.5 Å². The van der Waals surface area contributed by atoms with Crippen molar-refractivity contribution in [3.05, 3.63) is 45.8 Å². The van der Waals surface area contributed by atoms with Gasteiger partial charge in [0, 0.05) is 18.8 Å². The highest BCUT2D eigenvalue weighted by Gasteiger charge is 2.47. The molecule has 2 saturated carbocycles. The molecular weight excluding hydrogens is 604 g/mol. The lowest BCUT2D eigenvalue weighted by atomic mass is 9.97. The van der Waals surface area contributed by atoms with Crippen LogP contribution in [0.2, 0.25) is 0 Å². The summed E-state index contributed by atoms with van der Waals surface area (Å²) in [6.07, 6.45) is 2.19. The van der Waals surface area contributed by atoms with Crippen LogP contribution >= 0.6 is 0 Å². The minimum Gasteiger partial charge on any atom is -0.345 e. The molecule has 3 aliphatic rings. The minimum atomic E-state index is -4.48. The molecule has 2 atom stereocenters. The molecule has 3 fully saturated rings. The van der Waals surface area contributed by atoms with E-state index in [9.17, 15) is 45.5 Å². The number of aromatic nitrogens is 5. The monoisotopic (exact) mass is 633 g/mol. The van der Waals surface area contributed by atoms with E-state index in [-0.39, 0.29) is 32.2 Å². The number of H-pyrrole nitrogens is 1. The number of alkyl halides is 6. The van der Waals surface area contributed by atoms with Crippen LogP contribution in [0.5, 0.6) is 0 Å². The molecular formula is C26H29F6N7O5. The molecule has 4 heterocycles. The molecule has 1 aliphatic heterocycles. The first-order chi connectivity index (χ1) is 20.7. The Bertz CT molecular complexity index is 1520. The quantitative estimate of drug-likeness (QED) is 0.275. The lowest BCUT2D eigenvalue weighted by molar-refractivity contribution is -0.154. The number of hydrogen-bond acceptors (Lipinski definition) is 8. The molecule has 18 heteroatoms. The third-order valence-electron chi connectivity index (χ3n) is 7.17. The zero-order valence-electron chi connectivity index (χ0n) is 23.1. The summed E-state index contributed by atoms with van der Waals surface area (Å²) in [5.41, 5.74) is -1.21. The Kier molecular flexibility index (Phi) is 9.78. The van der Waals surface area contributed by atoms with Crippen molar-refractivity contribution in [3.8, 4) is 0 Å². The fraction of sp³-hybridized carbons (Fsp3) is 0.577. The van der Waals surface area contributed by atoms with Crippen molar-refractivity contribution in [2.75, 3.05) is 0 Å². The van der Waals surface area contributed by atoms with Gasteiger partial charge in [-0.15, -0.1) is 0 Å². The molecule has 2 amide bonds. The summed E-state index contributed by atoms with van der Waals surface area (Å²) < 4.78 is 80.4. The third kappa shape index (κ3) is 8.89. The Labute approximate surface area is 244 Å². The molecule has 240 valence electrons. The molecule has 1 saturated heterocycles. The maximum absolute atomic E-state index is 12.8. The van der Waals surface area contributed by atoms with Gasteiger partial charge in [0.2, 0.25) is 17.5 Å². The van der Waals surface area contributed by atoms with E-state index in [1.54, 1.807) is 6.07 Å². The van der Waals surface area contributed by atoms with Crippen molar-refractivity contribution in [1.82, 2.24) is 35.5 Å². The predicted molar refractivity (Wildman–Crippen MR) is 138 cm³/mol. The molecule has 0 radical (unpaired) electrons. The lowest BCUT2D eigenvalue weighted by Crippen LogP contribution is -2.38. The van der Waals surface area contributed by atoms with Gasteiger partial charge in [-0.25, -0.2) is 22.7 Å². The first kappa shape index (κ1) is 32.7. The number of hydrogen-bond donors (Lipinski definition) is 3. The summed E-state index contributed by atoms with van der Waals surface area (Å²) in [4.78, 5) is 48.8. The first-order valence-electron chi connectivity index (χ1n) is 13.7. The van der Waals surface area contributed by atoms with E-state index in [0.29, 0.717) is 48.9 Å². The number of halogens is 6. The van der Waals surface area contributed by atoms with Gasteiger partial charge in [0.25, 0.3) is 5.91 Å². The highest BCUT2D eigenvalue weighted by molar-refractivity contribution is 5.91. The fourth-order valence-electron chi connectivity index (χ4n) is 4.48. The van der Waals surface area contributed by atoms with Crippen molar-refractivity contribution in [2.24, 2.45) is 5.92 Å². The molecule has 3 N–H and O–H groups in total. The Balaban J connectivity index is 0.000000257. The van der Waals surface area contributed by atoms with E-state index in [2.05, 4.69) is 25.2 Å². The Morgan fingerprint density at radius 3 is 2.34 bits per heavy atom. The van der Waals surface area contributed by atoms with Crippen LogP contribution in [0, 0.1) is 5.92 Å². The zero-order valence-corrected chi connectivity index (χ0v) is 23.1. The second-order valence-electron chi connectivity index (χ2n) is 10.9. The van der Waals surface area contributed by atoms with Gasteiger partial charge >= 0.3 is 11.7 Å². The topological polar surface area (TPSA) is 164 Å². The highest BCUT2D eigenvalue weighted by Crippen LogP contribution is 2.37. The van der Waals surface area contributed by atoms with Gasteiger partial charge in [-0.05, 0) is 55.3 Å². The smallest absolute Gasteiger partial charge is 0.345 e. The van der Waals surface area contributed by atoms with Crippen molar-refractivity contribution in [3.63, 3.8) is 0 Å². The number of nitrogens with zero attached hydrogens (tertiary/aromatic N) is 4. The molecule has 2 aliphatic carbocycles. The second-order valence-corrected chi connectivity index (χ2v) is 10.9. The van der Waals surface area contributed by atoms with Crippen molar-refractivity contribution >= 4 is 23.7 Å². The number of aldehydes is 1. The number of aromatic amines is 1. The number of fused-ring (bicyclic) bond motifs is 1. The van der Waals surface area contributed by atoms with Gasteiger partial charge in [-0.2, -0.15) is 23.4 Å². The van der Waals surface area contributed by atoms with Gasteiger partial charge in [-0.1, -0.05) is 6.42 Å². The maximum atomic E-state index is 12.8. The summed E-state index contributed by atoms with van der Waals surface area (Å²) in [5, 5.41) is 13.7. The molecule has 0 bridgehead atoms. The average Bonchev–Trinajstić information content (AvgIpc) is 3.26. The minimum absolute atomic E-state index is 0.0257. The predicted octanol–water partition coefficient (Wildman–Crippen LogP) is 3.22. The van der Waals surface area contributed by atoms with E-state index >= 15 is 0 Å². The number of rotatable bonds is 6. The average molecular weight is 634 g/mol. The molecule has 3 aromatic heterocycles. The van der Waals surface area contributed by atoms with Gasteiger partial charge in [0.15, 0.2) is 17.6 Å². The standard InChI is InChI=1S/C16H14F3N7O4.C6H10F2.C4H5FO/c17-16(18,19)10-3-8(13(27)23-10)1-7-2-11-22-9(6-26(11)21-4-7)5-20-14(28)12-15(29)25-30-24-12;7-6(8)4-2-1-3-5-6;5-4(3-6)1-2-4/h2,4,6,8,10H,1,3,5H2,(H,20,28)(H,23,27)(H,25,29);1-5H2;3H,1-2H2. The molecule has 12 nitrogen and oxygen atoms in total. The molecule has 2 unspecified atom stereocenters. The SMILES string of the molecule is FC1(F)CCCCC1.O=C(NCc1cn2ncc(CC3CC(C(F)(F)F)NC3=O)cc2n1)c1no[nH]c1=O.O=CC1(F)CC1. The van der Waals surface area contributed by atoms with Gasteiger partial charge in [-0.3, -0.25) is 23.8 Å².